The van der Waals surface area contributed by atoms with Crippen LogP contribution in [0.15, 0.2) is 10.2 Å². The molecule has 3 nitrogen and oxygen atoms in total. The quantitative estimate of drug-likeness (QED) is 0.386. The fourth-order valence-corrected chi connectivity index (χ4v) is 2.02. The summed E-state index contributed by atoms with van der Waals surface area (Å²) in [4.78, 5) is 0. The smallest absolute Gasteiger partial charge is 0.194 e. The minimum atomic E-state index is 0.669. The highest BCUT2D eigenvalue weighted by atomic mass is 16.5. The van der Waals surface area contributed by atoms with E-state index in [9.17, 15) is 0 Å². The first-order valence-corrected chi connectivity index (χ1v) is 5.49. The molecule has 0 saturated heterocycles. The number of ether oxygens (including phenoxy) is 1. The van der Waals surface area contributed by atoms with Gasteiger partial charge in [0.2, 0.25) is 0 Å². The maximum Gasteiger partial charge on any atom is 0.194 e. The van der Waals surface area contributed by atoms with Gasteiger partial charge in [-0.15, -0.1) is 5.10 Å². The number of nitrogens with zero attached hydrogens (tertiary/aromatic N) is 2. The molecule has 0 radical (unpaired) electrons. The molecule has 0 bridgehead atoms. The Morgan fingerprint density at radius 3 is 2.64 bits per heavy atom. The normalized spacial score (nSPS) is 20.3. The molecule has 0 atom stereocenters. The first kappa shape index (κ1) is 11.2. The molecule has 0 aromatic carbocycles. The van der Waals surface area contributed by atoms with Gasteiger partial charge in [0.15, 0.2) is 6.40 Å². The summed E-state index contributed by atoms with van der Waals surface area (Å²) < 4.78 is 4.73. The lowest BCUT2D eigenvalue weighted by molar-refractivity contribution is 0.420. The first-order chi connectivity index (χ1) is 6.88. The Kier molecular flexibility index (Phi) is 5.27. The van der Waals surface area contributed by atoms with Gasteiger partial charge in [-0.25, -0.2) is 0 Å². The minimum Gasteiger partial charge on any atom is -0.485 e. The van der Waals surface area contributed by atoms with Gasteiger partial charge in [-0.05, 0) is 25.2 Å². The molecule has 3 heteroatoms. The van der Waals surface area contributed by atoms with Crippen LogP contribution in [0.1, 0.15) is 45.4 Å². The van der Waals surface area contributed by atoms with Crippen LogP contribution < -0.4 is 0 Å². The molecular weight excluding hydrogens is 176 g/mol. The molecule has 0 aromatic rings. The number of methoxy groups -OCH3 is 1. The molecule has 0 aromatic heterocycles. The third kappa shape index (κ3) is 3.48. The summed E-state index contributed by atoms with van der Waals surface area (Å²) in [6.07, 6.45) is 9.04. The van der Waals surface area contributed by atoms with E-state index in [1.807, 2.05) is 0 Å². The van der Waals surface area contributed by atoms with Gasteiger partial charge in [0, 0.05) is 5.71 Å². The Bertz CT molecular complexity index is 205. The van der Waals surface area contributed by atoms with Crippen molar-refractivity contribution in [1.29, 1.82) is 0 Å². The van der Waals surface area contributed by atoms with E-state index in [0.717, 1.165) is 6.42 Å². The summed E-state index contributed by atoms with van der Waals surface area (Å²) in [5.41, 5.74) is 1.23. The van der Waals surface area contributed by atoms with Gasteiger partial charge in [0.1, 0.15) is 0 Å². The molecule has 14 heavy (non-hydrogen) atoms. The van der Waals surface area contributed by atoms with Crippen molar-refractivity contribution < 1.29 is 4.74 Å². The van der Waals surface area contributed by atoms with E-state index < -0.39 is 0 Å². The molecule has 0 spiro atoms. The van der Waals surface area contributed by atoms with Crippen LogP contribution in [0.2, 0.25) is 0 Å². The molecule has 1 saturated carbocycles. The minimum absolute atomic E-state index is 0.669. The summed E-state index contributed by atoms with van der Waals surface area (Å²) in [6, 6.07) is 0. The van der Waals surface area contributed by atoms with Crippen LogP contribution in [-0.2, 0) is 4.74 Å². The highest BCUT2D eigenvalue weighted by Crippen LogP contribution is 2.25. The largest absolute Gasteiger partial charge is 0.485 e. The van der Waals surface area contributed by atoms with E-state index in [1.165, 1.54) is 44.2 Å². The molecule has 1 aliphatic carbocycles. The summed E-state index contributed by atoms with van der Waals surface area (Å²) in [5, 5.41) is 8.09. The maximum atomic E-state index is 4.73. The SMILES string of the molecule is CC/C(=N\N=COC)C1CCCCC1. The predicted molar refractivity (Wildman–Crippen MR) is 59.8 cm³/mol. The molecule has 0 heterocycles. The number of hydrogen-bond acceptors (Lipinski definition) is 3. The second-order valence-corrected chi connectivity index (χ2v) is 3.74. The van der Waals surface area contributed by atoms with Gasteiger partial charge >= 0.3 is 0 Å². The third-order valence-electron chi connectivity index (χ3n) is 2.78. The Hall–Kier alpha value is -0.860. The zero-order valence-electron chi connectivity index (χ0n) is 9.20. The fraction of sp³-hybridized carbons (Fsp3) is 0.818. The Morgan fingerprint density at radius 2 is 2.07 bits per heavy atom. The summed E-state index contributed by atoms with van der Waals surface area (Å²) in [5.74, 6) is 0.669. The molecule has 0 amide bonds. The topological polar surface area (TPSA) is 34.0 Å². The molecular formula is C11H20N2O. The standard InChI is InChI=1S/C11H20N2O/c1-3-11(13-12-9-14-2)10-7-5-4-6-8-10/h9-10H,3-8H2,1-2H3/b12-9?,13-11+. The van der Waals surface area contributed by atoms with E-state index in [4.69, 9.17) is 4.74 Å². The molecule has 0 unspecified atom stereocenters. The van der Waals surface area contributed by atoms with Gasteiger partial charge < -0.3 is 4.74 Å². The van der Waals surface area contributed by atoms with Crippen LogP contribution in [0.4, 0.5) is 0 Å². The monoisotopic (exact) mass is 196 g/mol. The molecule has 1 fully saturated rings. The second-order valence-electron chi connectivity index (χ2n) is 3.74. The van der Waals surface area contributed by atoms with Gasteiger partial charge in [-0.2, -0.15) is 5.10 Å². The zero-order valence-corrected chi connectivity index (χ0v) is 9.20. The fourth-order valence-electron chi connectivity index (χ4n) is 2.02. The Morgan fingerprint density at radius 1 is 1.36 bits per heavy atom. The van der Waals surface area contributed by atoms with Gasteiger partial charge in [-0.1, -0.05) is 26.2 Å². The lowest BCUT2D eigenvalue weighted by atomic mass is 9.85. The van der Waals surface area contributed by atoms with E-state index in [-0.39, 0.29) is 0 Å². The lowest BCUT2D eigenvalue weighted by Crippen LogP contribution is -2.16. The van der Waals surface area contributed by atoms with Gasteiger partial charge in [-0.3, -0.25) is 0 Å². The maximum absolute atomic E-state index is 4.73. The van der Waals surface area contributed by atoms with E-state index in [2.05, 4.69) is 17.1 Å². The second kappa shape index (κ2) is 6.57. The van der Waals surface area contributed by atoms with Crippen LogP contribution in [0.5, 0.6) is 0 Å². The number of rotatable bonds is 4. The Balaban J connectivity index is 2.50. The van der Waals surface area contributed by atoms with Gasteiger partial charge in [0.05, 0.1) is 7.11 Å². The highest BCUT2D eigenvalue weighted by molar-refractivity contribution is 5.86. The van der Waals surface area contributed by atoms with Crippen LogP contribution in [0, 0.1) is 5.92 Å². The first-order valence-electron chi connectivity index (χ1n) is 5.49. The van der Waals surface area contributed by atoms with Crippen LogP contribution >= 0.6 is 0 Å². The van der Waals surface area contributed by atoms with Crippen LogP contribution in [0.3, 0.4) is 0 Å². The van der Waals surface area contributed by atoms with Crippen molar-refractivity contribution in [2.45, 2.75) is 45.4 Å². The van der Waals surface area contributed by atoms with Crippen molar-refractivity contribution in [3.05, 3.63) is 0 Å². The average Bonchev–Trinajstić information content (AvgIpc) is 2.26. The third-order valence-corrected chi connectivity index (χ3v) is 2.78. The molecule has 0 aliphatic heterocycles. The van der Waals surface area contributed by atoms with Crippen molar-refractivity contribution in [3.8, 4) is 0 Å². The van der Waals surface area contributed by atoms with Crippen molar-refractivity contribution in [2.24, 2.45) is 16.1 Å². The summed E-state index contributed by atoms with van der Waals surface area (Å²) in [7, 11) is 1.59. The summed E-state index contributed by atoms with van der Waals surface area (Å²) >= 11 is 0. The van der Waals surface area contributed by atoms with Gasteiger partial charge in [0.25, 0.3) is 0 Å². The highest BCUT2D eigenvalue weighted by Gasteiger charge is 2.17. The van der Waals surface area contributed by atoms with E-state index in [0.29, 0.717) is 5.92 Å². The molecule has 1 aliphatic rings. The lowest BCUT2D eigenvalue weighted by Gasteiger charge is -2.21. The van der Waals surface area contributed by atoms with Crippen LogP contribution in [-0.4, -0.2) is 19.2 Å². The van der Waals surface area contributed by atoms with Crippen LogP contribution in [0.25, 0.3) is 0 Å². The molecule has 0 N–H and O–H groups in total. The van der Waals surface area contributed by atoms with Crippen molar-refractivity contribution in [2.75, 3.05) is 7.11 Å². The van der Waals surface area contributed by atoms with E-state index >= 15 is 0 Å². The predicted octanol–water partition coefficient (Wildman–Crippen LogP) is 3.01. The van der Waals surface area contributed by atoms with Crippen molar-refractivity contribution in [1.82, 2.24) is 0 Å². The average molecular weight is 196 g/mol. The molecule has 1 rings (SSSR count). The summed E-state index contributed by atoms with van der Waals surface area (Å²) in [6.45, 7) is 2.15. The zero-order chi connectivity index (χ0) is 10.2. The van der Waals surface area contributed by atoms with Crippen molar-refractivity contribution >= 4 is 12.1 Å². The van der Waals surface area contributed by atoms with Crippen molar-refractivity contribution in [3.63, 3.8) is 0 Å². The van der Waals surface area contributed by atoms with E-state index in [1.54, 1.807) is 7.11 Å². The Labute approximate surface area is 86.3 Å². The number of hydrogen-bond donors (Lipinski definition) is 0. The molecule has 80 valence electrons.